The van der Waals surface area contributed by atoms with Gasteiger partial charge in [-0.05, 0) is 42.5 Å². The molecule has 1 atom stereocenters. The third-order valence-corrected chi connectivity index (χ3v) is 7.02. The molecule has 1 N–H and O–H groups in total. The molecular formula is C28H29N5O5. The fraction of sp³-hybridized carbons (Fsp3) is 0.286. The Balaban J connectivity index is 1.21. The largest absolute Gasteiger partial charge is 0.383 e. The molecule has 10 nitrogen and oxygen atoms in total. The molecule has 0 bridgehead atoms. The van der Waals surface area contributed by atoms with Crippen molar-refractivity contribution in [3.05, 3.63) is 99.6 Å². The Labute approximate surface area is 220 Å². The first-order valence-electron chi connectivity index (χ1n) is 12.5. The van der Waals surface area contributed by atoms with E-state index in [0.29, 0.717) is 50.5 Å². The van der Waals surface area contributed by atoms with E-state index in [1.807, 2.05) is 41.3 Å². The number of methoxy groups -OCH3 is 1. The number of rotatable bonds is 8. The van der Waals surface area contributed by atoms with Crippen LogP contribution in [0.15, 0.2) is 72.8 Å². The van der Waals surface area contributed by atoms with E-state index < -0.39 is 4.92 Å². The van der Waals surface area contributed by atoms with Gasteiger partial charge in [0.15, 0.2) is 0 Å². The third kappa shape index (κ3) is 5.03. The van der Waals surface area contributed by atoms with Crippen molar-refractivity contribution in [3.8, 4) is 0 Å². The first-order valence-corrected chi connectivity index (χ1v) is 12.5. The molecule has 1 saturated heterocycles. The lowest BCUT2D eigenvalue weighted by Gasteiger charge is -2.36. The van der Waals surface area contributed by atoms with E-state index in [9.17, 15) is 19.7 Å². The minimum atomic E-state index is -0.412. The summed E-state index contributed by atoms with van der Waals surface area (Å²) in [4.78, 5) is 42.2. The van der Waals surface area contributed by atoms with Crippen LogP contribution in [-0.4, -0.2) is 73.0 Å². The number of piperazine rings is 1. The summed E-state index contributed by atoms with van der Waals surface area (Å²) in [6, 6.07) is 21.4. The van der Waals surface area contributed by atoms with Gasteiger partial charge in [0.2, 0.25) is 0 Å². The van der Waals surface area contributed by atoms with Gasteiger partial charge in [-0.1, -0.05) is 18.2 Å². The third-order valence-electron chi connectivity index (χ3n) is 7.02. The van der Waals surface area contributed by atoms with Crippen molar-refractivity contribution in [2.24, 2.45) is 0 Å². The predicted molar refractivity (Wildman–Crippen MR) is 143 cm³/mol. The Kier molecular flexibility index (Phi) is 7.23. The molecule has 196 valence electrons. The van der Waals surface area contributed by atoms with Crippen LogP contribution in [0.5, 0.6) is 0 Å². The molecule has 1 fully saturated rings. The Morgan fingerprint density at radius 3 is 2.34 bits per heavy atom. The number of hydrogen-bond donors (Lipinski definition) is 1. The highest BCUT2D eigenvalue weighted by atomic mass is 16.6. The topological polar surface area (TPSA) is 108 Å². The van der Waals surface area contributed by atoms with Gasteiger partial charge < -0.3 is 24.8 Å². The number of nitrogens with one attached hydrogen (secondary N) is 1. The molecule has 0 unspecified atom stereocenters. The van der Waals surface area contributed by atoms with Gasteiger partial charge in [0.05, 0.1) is 11.5 Å². The molecule has 3 aromatic carbocycles. The molecule has 38 heavy (non-hydrogen) atoms. The maximum absolute atomic E-state index is 13.1. The van der Waals surface area contributed by atoms with Crippen molar-refractivity contribution in [1.29, 1.82) is 0 Å². The lowest BCUT2D eigenvalue weighted by molar-refractivity contribution is -0.384. The number of hydrogen-bond acceptors (Lipinski definition) is 7. The zero-order chi connectivity index (χ0) is 26.6. The van der Waals surface area contributed by atoms with Gasteiger partial charge in [0.25, 0.3) is 17.5 Å². The molecule has 0 spiro atoms. The molecule has 0 aromatic heterocycles. The lowest BCUT2D eigenvalue weighted by atomic mass is 10.1. The smallest absolute Gasteiger partial charge is 0.269 e. The van der Waals surface area contributed by atoms with Crippen LogP contribution in [0.1, 0.15) is 32.4 Å². The van der Waals surface area contributed by atoms with Crippen molar-refractivity contribution >= 4 is 28.9 Å². The molecule has 0 radical (unpaired) electrons. The van der Waals surface area contributed by atoms with E-state index in [0.717, 1.165) is 16.9 Å². The fourth-order valence-electron chi connectivity index (χ4n) is 4.95. The van der Waals surface area contributed by atoms with Gasteiger partial charge in [-0.25, -0.2) is 0 Å². The first-order chi connectivity index (χ1) is 18.5. The van der Waals surface area contributed by atoms with E-state index in [4.69, 9.17) is 4.74 Å². The van der Waals surface area contributed by atoms with Crippen LogP contribution in [0.4, 0.5) is 17.1 Å². The van der Waals surface area contributed by atoms with E-state index in [1.165, 1.54) is 12.1 Å². The first kappa shape index (κ1) is 25.2. The second-order valence-corrected chi connectivity index (χ2v) is 9.26. The molecule has 3 aromatic rings. The zero-order valence-corrected chi connectivity index (χ0v) is 21.1. The maximum Gasteiger partial charge on any atom is 0.269 e. The Bertz CT molecular complexity index is 1320. The molecule has 5 rings (SSSR count). The minimum Gasteiger partial charge on any atom is -0.383 e. The van der Waals surface area contributed by atoms with Gasteiger partial charge in [-0.2, -0.15) is 0 Å². The number of nitro benzene ring substituents is 1. The average molecular weight is 516 g/mol. The number of anilines is 2. The number of benzene rings is 3. The molecule has 0 aliphatic carbocycles. The number of non-ortho nitro benzene ring substituents is 1. The van der Waals surface area contributed by atoms with Crippen LogP contribution in [0.3, 0.4) is 0 Å². The SMILES string of the molecule is COCCN1C(=O)c2ccccc2[C@@H]1Nc1ccc(C(=O)N2CCN(c3ccc([N+](=O)[O-])cc3)CC2)cc1. The van der Waals surface area contributed by atoms with Crippen molar-refractivity contribution in [2.45, 2.75) is 6.17 Å². The molecule has 2 aliphatic heterocycles. The highest BCUT2D eigenvalue weighted by Crippen LogP contribution is 2.34. The van der Waals surface area contributed by atoms with E-state index in [-0.39, 0.29) is 23.7 Å². The van der Waals surface area contributed by atoms with Crippen molar-refractivity contribution in [1.82, 2.24) is 9.80 Å². The standard InChI is InChI=1S/C28H29N5O5/c1-38-19-18-32-26(24-4-2-3-5-25(24)28(32)35)29-21-8-6-20(7-9-21)27(34)31-16-14-30(15-17-31)22-10-12-23(13-11-22)33(36)37/h2-13,26,29H,14-19H2,1H3/t26-/m1/s1. The molecule has 2 amide bonds. The molecular weight excluding hydrogens is 486 g/mol. The number of fused-ring (bicyclic) bond motifs is 1. The van der Waals surface area contributed by atoms with Crippen LogP contribution in [0.2, 0.25) is 0 Å². The van der Waals surface area contributed by atoms with Crippen molar-refractivity contribution in [2.75, 3.05) is 56.7 Å². The van der Waals surface area contributed by atoms with Crippen LogP contribution in [-0.2, 0) is 4.74 Å². The summed E-state index contributed by atoms with van der Waals surface area (Å²) >= 11 is 0. The van der Waals surface area contributed by atoms with Crippen molar-refractivity contribution in [3.63, 3.8) is 0 Å². The summed E-state index contributed by atoms with van der Waals surface area (Å²) < 4.78 is 5.20. The summed E-state index contributed by atoms with van der Waals surface area (Å²) in [6.45, 7) is 3.31. The average Bonchev–Trinajstić information content (AvgIpc) is 3.22. The Hall–Kier alpha value is -4.44. The number of ether oxygens (including phenoxy) is 1. The van der Waals surface area contributed by atoms with Gasteiger partial charge in [-0.15, -0.1) is 0 Å². The number of amides is 2. The van der Waals surface area contributed by atoms with Gasteiger partial charge in [-0.3, -0.25) is 19.7 Å². The number of nitrogens with zero attached hydrogens (tertiary/aromatic N) is 4. The highest BCUT2D eigenvalue weighted by molar-refractivity contribution is 5.99. The lowest BCUT2D eigenvalue weighted by Crippen LogP contribution is -2.48. The van der Waals surface area contributed by atoms with Crippen molar-refractivity contribution < 1.29 is 19.2 Å². The fourth-order valence-corrected chi connectivity index (χ4v) is 4.95. The van der Waals surface area contributed by atoms with Crippen LogP contribution in [0, 0.1) is 10.1 Å². The molecule has 10 heteroatoms. The van der Waals surface area contributed by atoms with E-state index in [2.05, 4.69) is 10.2 Å². The highest BCUT2D eigenvalue weighted by Gasteiger charge is 2.36. The summed E-state index contributed by atoms with van der Waals surface area (Å²) in [6.07, 6.45) is -0.317. The Morgan fingerprint density at radius 1 is 1.00 bits per heavy atom. The Morgan fingerprint density at radius 2 is 1.68 bits per heavy atom. The van der Waals surface area contributed by atoms with Crippen LogP contribution in [0.25, 0.3) is 0 Å². The monoisotopic (exact) mass is 515 g/mol. The summed E-state index contributed by atoms with van der Waals surface area (Å²) in [5.74, 6) is -0.0715. The van der Waals surface area contributed by atoms with Crippen LogP contribution < -0.4 is 10.2 Å². The second-order valence-electron chi connectivity index (χ2n) is 9.26. The van der Waals surface area contributed by atoms with E-state index >= 15 is 0 Å². The zero-order valence-electron chi connectivity index (χ0n) is 21.1. The van der Waals surface area contributed by atoms with Gasteiger partial charge in [0, 0.05) is 80.0 Å². The summed E-state index contributed by atoms with van der Waals surface area (Å²) in [7, 11) is 1.61. The van der Waals surface area contributed by atoms with Gasteiger partial charge in [0.1, 0.15) is 6.17 Å². The number of carbonyl (C=O) groups is 2. The quantitative estimate of drug-likeness (QED) is 0.359. The summed E-state index contributed by atoms with van der Waals surface area (Å²) in [5, 5.41) is 14.3. The summed E-state index contributed by atoms with van der Waals surface area (Å²) in [5.41, 5.74) is 3.97. The van der Waals surface area contributed by atoms with Crippen LogP contribution >= 0.6 is 0 Å². The molecule has 2 heterocycles. The number of nitro groups is 1. The number of carbonyl (C=O) groups excluding carboxylic acids is 2. The second kappa shape index (κ2) is 10.9. The van der Waals surface area contributed by atoms with Gasteiger partial charge >= 0.3 is 0 Å². The predicted octanol–water partition coefficient (Wildman–Crippen LogP) is 3.77. The molecule has 2 aliphatic rings. The minimum absolute atomic E-state index is 0.0326. The van der Waals surface area contributed by atoms with E-state index in [1.54, 1.807) is 36.3 Å². The normalized spacial score (nSPS) is 16.9. The maximum atomic E-state index is 13.1. The molecule has 0 saturated carbocycles.